The van der Waals surface area contributed by atoms with E-state index in [2.05, 4.69) is 20.6 Å². The van der Waals surface area contributed by atoms with Crippen molar-refractivity contribution in [1.29, 1.82) is 0 Å². The number of nitrogens with one attached hydrogen (secondary N) is 2. The Morgan fingerprint density at radius 2 is 1.96 bits per heavy atom. The van der Waals surface area contributed by atoms with Crippen LogP contribution in [0.3, 0.4) is 0 Å². The first-order valence-corrected chi connectivity index (χ1v) is 8.44. The highest BCUT2D eigenvalue weighted by Crippen LogP contribution is 2.23. The van der Waals surface area contributed by atoms with Crippen molar-refractivity contribution in [3.8, 4) is 10.6 Å². The molecule has 4 nitrogen and oxygen atoms in total. The van der Waals surface area contributed by atoms with E-state index >= 15 is 0 Å². The molecule has 1 aromatic carbocycles. The number of hydrogen-bond donors (Lipinski definition) is 2. The molecule has 0 fully saturated rings. The van der Waals surface area contributed by atoms with Crippen LogP contribution in [0.15, 0.2) is 40.7 Å². The zero-order chi connectivity index (χ0) is 17.4. The van der Waals surface area contributed by atoms with Gasteiger partial charge in [0.25, 0.3) is 0 Å². The molecule has 0 radical (unpaired) electrons. The van der Waals surface area contributed by atoms with Crippen LogP contribution in [0.4, 0.5) is 13.2 Å². The smallest absolute Gasteiger partial charge is 0.357 e. The standard InChI is InChI=1S/C16H19F3N4S/c1-2-20-15(21-9-8-16(17,18)19)22-10-13-11-24-14(23-13)12-6-4-3-5-7-12/h3-7,11H,2,8-10H2,1H3,(H2,20,21,22). The van der Waals surface area contributed by atoms with E-state index in [9.17, 15) is 13.2 Å². The lowest BCUT2D eigenvalue weighted by atomic mass is 10.2. The van der Waals surface area contributed by atoms with Gasteiger partial charge in [-0.15, -0.1) is 11.3 Å². The van der Waals surface area contributed by atoms with E-state index in [-0.39, 0.29) is 6.54 Å². The first-order valence-electron chi connectivity index (χ1n) is 7.56. The summed E-state index contributed by atoms with van der Waals surface area (Å²) in [6.07, 6.45) is -5.07. The molecule has 0 unspecified atom stereocenters. The lowest BCUT2D eigenvalue weighted by Crippen LogP contribution is -2.38. The molecule has 2 rings (SSSR count). The van der Waals surface area contributed by atoms with E-state index < -0.39 is 12.6 Å². The molecule has 0 amide bonds. The number of rotatable bonds is 6. The second kappa shape index (κ2) is 8.68. The zero-order valence-corrected chi connectivity index (χ0v) is 14.0. The zero-order valence-electron chi connectivity index (χ0n) is 13.2. The number of aliphatic imine (C=N–C) groups is 1. The molecular weight excluding hydrogens is 337 g/mol. The predicted octanol–water partition coefficient (Wildman–Crippen LogP) is 3.82. The molecule has 8 heteroatoms. The van der Waals surface area contributed by atoms with Gasteiger partial charge in [0.1, 0.15) is 5.01 Å². The van der Waals surface area contributed by atoms with Crippen LogP contribution in [0.25, 0.3) is 10.6 Å². The molecule has 1 heterocycles. The summed E-state index contributed by atoms with van der Waals surface area (Å²) >= 11 is 1.52. The lowest BCUT2D eigenvalue weighted by molar-refractivity contribution is -0.132. The monoisotopic (exact) mass is 356 g/mol. The van der Waals surface area contributed by atoms with Crippen LogP contribution < -0.4 is 10.6 Å². The van der Waals surface area contributed by atoms with Gasteiger partial charge in [0, 0.05) is 24.0 Å². The minimum Gasteiger partial charge on any atom is -0.357 e. The van der Waals surface area contributed by atoms with Gasteiger partial charge in [0.05, 0.1) is 18.7 Å². The van der Waals surface area contributed by atoms with Crippen molar-refractivity contribution >= 4 is 17.3 Å². The van der Waals surface area contributed by atoms with Gasteiger partial charge in [0.2, 0.25) is 0 Å². The number of halogens is 3. The van der Waals surface area contributed by atoms with Crippen LogP contribution in [0, 0.1) is 0 Å². The molecule has 2 aromatic rings. The van der Waals surface area contributed by atoms with Crippen molar-refractivity contribution in [2.45, 2.75) is 26.1 Å². The Labute approximate surface area is 142 Å². The summed E-state index contributed by atoms with van der Waals surface area (Å²) in [6.45, 7) is 2.54. The minimum absolute atomic E-state index is 0.207. The van der Waals surface area contributed by atoms with E-state index in [1.165, 1.54) is 11.3 Å². The van der Waals surface area contributed by atoms with E-state index in [4.69, 9.17) is 0 Å². The fourth-order valence-electron chi connectivity index (χ4n) is 1.92. The highest BCUT2D eigenvalue weighted by molar-refractivity contribution is 7.13. The molecule has 2 N–H and O–H groups in total. The second-order valence-corrected chi connectivity index (χ2v) is 5.86. The van der Waals surface area contributed by atoms with Gasteiger partial charge < -0.3 is 10.6 Å². The Morgan fingerprint density at radius 1 is 1.21 bits per heavy atom. The minimum atomic E-state index is -4.18. The second-order valence-electron chi connectivity index (χ2n) is 5.00. The number of benzene rings is 1. The molecule has 0 bridgehead atoms. The number of guanidine groups is 1. The van der Waals surface area contributed by atoms with Gasteiger partial charge in [-0.2, -0.15) is 13.2 Å². The highest BCUT2D eigenvalue weighted by Gasteiger charge is 2.26. The molecule has 0 aliphatic heterocycles. The third-order valence-corrected chi connectivity index (χ3v) is 3.96. The number of nitrogens with zero attached hydrogens (tertiary/aromatic N) is 2. The summed E-state index contributed by atoms with van der Waals surface area (Å²) in [7, 11) is 0. The maximum Gasteiger partial charge on any atom is 0.390 e. The van der Waals surface area contributed by atoms with E-state index in [1.807, 2.05) is 42.6 Å². The predicted molar refractivity (Wildman–Crippen MR) is 91.0 cm³/mol. The van der Waals surface area contributed by atoms with Gasteiger partial charge in [-0.05, 0) is 6.92 Å². The molecule has 0 saturated heterocycles. The Morgan fingerprint density at radius 3 is 2.62 bits per heavy atom. The van der Waals surface area contributed by atoms with Crippen LogP contribution in [0.2, 0.25) is 0 Å². The summed E-state index contributed by atoms with van der Waals surface area (Å²) in [4.78, 5) is 8.79. The van der Waals surface area contributed by atoms with E-state index in [0.717, 1.165) is 16.3 Å². The van der Waals surface area contributed by atoms with E-state index in [1.54, 1.807) is 0 Å². The number of hydrogen-bond acceptors (Lipinski definition) is 3. The van der Waals surface area contributed by atoms with Gasteiger partial charge in [0.15, 0.2) is 5.96 Å². The molecule has 0 spiro atoms. The summed E-state index contributed by atoms with van der Waals surface area (Å²) < 4.78 is 36.6. The van der Waals surface area contributed by atoms with Crippen LogP contribution in [-0.4, -0.2) is 30.2 Å². The average Bonchev–Trinajstić information content (AvgIpc) is 3.01. The van der Waals surface area contributed by atoms with Gasteiger partial charge in [-0.3, -0.25) is 0 Å². The highest BCUT2D eigenvalue weighted by atomic mass is 32.1. The van der Waals surface area contributed by atoms with Crippen molar-refractivity contribution in [3.63, 3.8) is 0 Å². The summed E-state index contributed by atoms with van der Waals surface area (Å²) in [5, 5.41) is 8.41. The fourth-order valence-corrected chi connectivity index (χ4v) is 2.73. The van der Waals surface area contributed by atoms with Gasteiger partial charge in [-0.1, -0.05) is 30.3 Å². The van der Waals surface area contributed by atoms with Crippen molar-refractivity contribution in [3.05, 3.63) is 41.4 Å². The Bertz CT molecular complexity index is 653. The number of alkyl halides is 3. The number of thiazole rings is 1. The van der Waals surface area contributed by atoms with Crippen LogP contribution >= 0.6 is 11.3 Å². The van der Waals surface area contributed by atoms with Crippen molar-refractivity contribution in [2.24, 2.45) is 4.99 Å². The van der Waals surface area contributed by atoms with E-state index in [0.29, 0.717) is 19.0 Å². The third-order valence-electron chi connectivity index (χ3n) is 3.02. The average molecular weight is 356 g/mol. The van der Waals surface area contributed by atoms with Crippen LogP contribution in [0.1, 0.15) is 19.0 Å². The molecule has 130 valence electrons. The third kappa shape index (κ3) is 6.19. The van der Waals surface area contributed by atoms with Crippen molar-refractivity contribution in [1.82, 2.24) is 15.6 Å². The summed E-state index contributed by atoms with van der Waals surface area (Å²) in [6, 6.07) is 9.80. The first-order chi connectivity index (χ1) is 11.5. The molecule has 24 heavy (non-hydrogen) atoms. The topological polar surface area (TPSA) is 49.3 Å². The maximum absolute atomic E-state index is 12.2. The summed E-state index contributed by atoms with van der Waals surface area (Å²) in [5.74, 6) is 0.357. The SMILES string of the molecule is CCNC(=NCc1csc(-c2ccccc2)n1)NCCC(F)(F)F. The molecule has 0 atom stereocenters. The molecule has 1 aromatic heterocycles. The molecular formula is C16H19F3N4S. The molecule has 0 saturated carbocycles. The summed E-state index contributed by atoms with van der Waals surface area (Å²) in [5.41, 5.74) is 1.82. The van der Waals surface area contributed by atoms with Crippen LogP contribution in [-0.2, 0) is 6.54 Å². The quantitative estimate of drug-likeness (QED) is 0.611. The normalized spacial score (nSPS) is 12.2. The molecule has 0 aliphatic carbocycles. The Balaban J connectivity index is 1.95. The Hall–Kier alpha value is -2.09. The van der Waals surface area contributed by atoms with Crippen LogP contribution in [0.5, 0.6) is 0 Å². The van der Waals surface area contributed by atoms with Gasteiger partial charge >= 0.3 is 6.18 Å². The van der Waals surface area contributed by atoms with Crippen molar-refractivity contribution in [2.75, 3.05) is 13.1 Å². The van der Waals surface area contributed by atoms with Crippen molar-refractivity contribution < 1.29 is 13.2 Å². The first kappa shape index (κ1) is 18.3. The molecule has 0 aliphatic rings. The lowest BCUT2D eigenvalue weighted by Gasteiger charge is -2.12. The fraction of sp³-hybridized carbons (Fsp3) is 0.375. The largest absolute Gasteiger partial charge is 0.390 e. The van der Waals surface area contributed by atoms with Gasteiger partial charge in [-0.25, -0.2) is 9.98 Å². The number of aromatic nitrogens is 1. The maximum atomic E-state index is 12.2. The Kier molecular flexibility index (Phi) is 6.60.